The van der Waals surface area contributed by atoms with Crippen molar-refractivity contribution in [2.45, 2.75) is 6.92 Å². The Morgan fingerprint density at radius 2 is 2.15 bits per heavy atom. The van der Waals surface area contributed by atoms with Gasteiger partial charge in [-0.1, -0.05) is 0 Å². The minimum atomic E-state index is -0.710. The van der Waals surface area contributed by atoms with Crippen molar-refractivity contribution >= 4 is 5.97 Å². The summed E-state index contributed by atoms with van der Waals surface area (Å²) in [5.74, 6) is -0.793. The summed E-state index contributed by atoms with van der Waals surface area (Å²) in [6.07, 6.45) is 1.16. The molecule has 1 aromatic rings. The van der Waals surface area contributed by atoms with Gasteiger partial charge in [-0.25, -0.2) is 4.79 Å². The first-order chi connectivity index (χ1) is 6.00. The van der Waals surface area contributed by atoms with Crippen LogP contribution in [0.2, 0.25) is 0 Å². The van der Waals surface area contributed by atoms with Gasteiger partial charge in [-0.2, -0.15) is 0 Å². The van der Waals surface area contributed by atoms with Crippen molar-refractivity contribution in [1.82, 2.24) is 9.55 Å². The van der Waals surface area contributed by atoms with Crippen LogP contribution in [0.25, 0.3) is 0 Å². The van der Waals surface area contributed by atoms with E-state index in [4.69, 9.17) is 0 Å². The number of aryl methyl sites for hydroxylation is 1. The predicted octanol–water partition coefficient (Wildman–Crippen LogP) is -1.00. The summed E-state index contributed by atoms with van der Waals surface area (Å²) in [5, 5.41) is 0. The van der Waals surface area contributed by atoms with Gasteiger partial charge in [0.25, 0.3) is 5.56 Å². The van der Waals surface area contributed by atoms with E-state index >= 15 is 0 Å². The molecule has 0 spiro atoms. The summed E-state index contributed by atoms with van der Waals surface area (Å²) in [6.45, 7) is 1.17. The normalized spacial score (nSPS) is 9.69. The second-order valence-electron chi connectivity index (χ2n) is 2.46. The number of carbonyl (C=O) groups is 1. The Hall–Kier alpha value is -1.85. The van der Waals surface area contributed by atoms with Crippen molar-refractivity contribution in [3.8, 4) is 5.75 Å². The number of ether oxygens (including phenoxy) is 1. The van der Waals surface area contributed by atoms with Crippen molar-refractivity contribution < 1.29 is 9.53 Å². The van der Waals surface area contributed by atoms with Crippen LogP contribution in [-0.4, -0.2) is 15.5 Å². The van der Waals surface area contributed by atoms with E-state index in [1.165, 1.54) is 14.0 Å². The Morgan fingerprint density at radius 1 is 1.54 bits per heavy atom. The number of H-pyrrole nitrogens is 1. The quantitative estimate of drug-likeness (QED) is 0.567. The van der Waals surface area contributed by atoms with E-state index in [1.807, 2.05) is 4.98 Å². The molecular weight excluding hydrogens is 176 g/mol. The molecule has 0 saturated heterocycles. The number of hydrogen-bond acceptors (Lipinski definition) is 4. The molecule has 0 saturated carbocycles. The highest BCUT2D eigenvalue weighted by molar-refractivity contribution is 5.68. The van der Waals surface area contributed by atoms with Crippen LogP contribution in [0.15, 0.2) is 15.8 Å². The number of hydrogen-bond donors (Lipinski definition) is 1. The van der Waals surface area contributed by atoms with Crippen LogP contribution >= 0.6 is 0 Å². The second kappa shape index (κ2) is 3.26. The Kier molecular flexibility index (Phi) is 2.32. The fraction of sp³-hybridized carbons (Fsp3) is 0.286. The number of carbonyl (C=O) groups excluding carboxylic acids is 1. The third-order valence-electron chi connectivity index (χ3n) is 1.33. The summed E-state index contributed by atoms with van der Waals surface area (Å²) in [6, 6.07) is 0. The lowest BCUT2D eigenvalue weighted by molar-refractivity contribution is -0.132. The minimum absolute atomic E-state index is 0.186. The molecule has 0 bridgehead atoms. The lowest BCUT2D eigenvalue weighted by Crippen LogP contribution is -2.29. The number of nitrogens with one attached hydrogen (secondary N) is 1. The molecule has 6 heteroatoms. The van der Waals surface area contributed by atoms with E-state index < -0.39 is 17.2 Å². The maximum atomic E-state index is 11.0. The molecule has 0 unspecified atom stereocenters. The molecule has 0 amide bonds. The first-order valence-corrected chi connectivity index (χ1v) is 3.49. The lowest BCUT2D eigenvalue weighted by atomic mass is 10.5. The summed E-state index contributed by atoms with van der Waals surface area (Å²) < 4.78 is 5.65. The molecule has 0 aliphatic carbocycles. The smallest absolute Gasteiger partial charge is 0.328 e. The standard InChI is InChI=1S/C7H8N2O4/c1-4(10)13-5-3-9(2)7(12)8-6(5)11/h3H,1-2H3,(H,8,11,12). The van der Waals surface area contributed by atoms with E-state index in [-0.39, 0.29) is 5.75 Å². The average molecular weight is 184 g/mol. The van der Waals surface area contributed by atoms with Crippen molar-refractivity contribution in [1.29, 1.82) is 0 Å². The van der Waals surface area contributed by atoms with Crippen molar-refractivity contribution in [3.63, 3.8) is 0 Å². The second-order valence-corrected chi connectivity index (χ2v) is 2.46. The van der Waals surface area contributed by atoms with Crippen LogP contribution in [0.1, 0.15) is 6.92 Å². The number of aromatic nitrogens is 2. The average Bonchev–Trinajstić information content (AvgIpc) is 1.99. The zero-order valence-electron chi connectivity index (χ0n) is 7.16. The molecule has 0 atom stereocenters. The molecule has 0 aliphatic rings. The largest absolute Gasteiger partial charge is 0.419 e. The third kappa shape index (κ3) is 2.05. The number of rotatable bonds is 1. The maximum absolute atomic E-state index is 11.0. The molecule has 1 N–H and O–H groups in total. The van der Waals surface area contributed by atoms with Crippen molar-refractivity contribution in [2.24, 2.45) is 7.05 Å². The van der Waals surface area contributed by atoms with Crippen LogP contribution in [0.3, 0.4) is 0 Å². The van der Waals surface area contributed by atoms with Crippen LogP contribution in [-0.2, 0) is 11.8 Å². The zero-order chi connectivity index (χ0) is 10.0. The summed E-state index contributed by atoms with van der Waals surface area (Å²) in [4.78, 5) is 34.3. The molecule has 13 heavy (non-hydrogen) atoms. The SMILES string of the molecule is CC(=O)Oc1cn(C)c(=O)[nH]c1=O. The highest BCUT2D eigenvalue weighted by Crippen LogP contribution is 1.97. The fourth-order valence-electron chi connectivity index (χ4n) is 0.768. The monoisotopic (exact) mass is 184 g/mol. The maximum Gasteiger partial charge on any atom is 0.328 e. The van der Waals surface area contributed by atoms with Gasteiger partial charge in [-0.3, -0.25) is 19.1 Å². The molecule has 1 aromatic heterocycles. The highest BCUT2D eigenvalue weighted by atomic mass is 16.5. The van der Waals surface area contributed by atoms with Gasteiger partial charge in [-0.05, 0) is 0 Å². The summed E-state index contributed by atoms with van der Waals surface area (Å²) in [5.41, 5.74) is -1.26. The summed E-state index contributed by atoms with van der Waals surface area (Å²) >= 11 is 0. The van der Waals surface area contributed by atoms with Gasteiger partial charge in [0.05, 0.1) is 6.20 Å². The van der Waals surface area contributed by atoms with E-state index in [2.05, 4.69) is 4.74 Å². The zero-order valence-corrected chi connectivity index (χ0v) is 7.16. The molecule has 6 nitrogen and oxygen atoms in total. The van der Waals surface area contributed by atoms with E-state index in [0.29, 0.717) is 0 Å². The molecule has 1 rings (SSSR count). The molecule has 70 valence electrons. The Labute approximate surface area is 72.8 Å². The van der Waals surface area contributed by atoms with Crippen molar-refractivity contribution in [2.75, 3.05) is 0 Å². The van der Waals surface area contributed by atoms with Crippen molar-refractivity contribution in [3.05, 3.63) is 27.0 Å². The molecule has 0 aromatic carbocycles. The van der Waals surface area contributed by atoms with Gasteiger partial charge in [-0.15, -0.1) is 0 Å². The van der Waals surface area contributed by atoms with Gasteiger partial charge >= 0.3 is 11.7 Å². The highest BCUT2D eigenvalue weighted by Gasteiger charge is 2.05. The van der Waals surface area contributed by atoms with Gasteiger partial charge in [0, 0.05) is 14.0 Å². The molecule has 1 heterocycles. The number of esters is 1. The number of aromatic amines is 1. The van der Waals surface area contributed by atoms with Crippen LogP contribution in [0, 0.1) is 0 Å². The van der Waals surface area contributed by atoms with Crippen LogP contribution in [0.5, 0.6) is 5.75 Å². The van der Waals surface area contributed by atoms with Gasteiger partial charge in [0.2, 0.25) is 5.75 Å². The van der Waals surface area contributed by atoms with E-state index in [0.717, 1.165) is 10.8 Å². The topological polar surface area (TPSA) is 81.2 Å². The third-order valence-corrected chi connectivity index (χ3v) is 1.33. The van der Waals surface area contributed by atoms with Crippen LogP contribution < -0.4 is 16.0 Å². The van der Waals surface area contributed by atoms with Crippen LogP contribution in [0.4, 0.5) is 0 Å². The Bertz CT molecular complexity index is 443. The predicted molar refractivity (Wildman–Crippen MR) is 43.6 cm³/mol. The summed E-state index contributed by atoms with van der Waals surface area (Å²) in [7, 11) is 1.44. The molecule has 0 fully saturated rings. The molecule has 0 radical (unpaired) electrons. The Balaban J connectivity index is 3.24. The Morgan fingerprint density at radius 3 is 2.69 bits per heavy atom. The number of nitrogens with zero attached hydrogens (tertiary/aromatic N) is 1. The van der Waals surface area contributed by atoms with Gasteiger partial charge in [0.15, 0.2) is 0 Å². The van der Waals surface area contributed by atoms with Gasteiger partial charge < -0.3 is 4.74 Å². The van der Waals surface area contributed by atoms with E-state index in [1.54, 1.807) is 0 Å². The molecule has 0 aliphatic heterocycles. The molecular formula is C7H8N2O4. The van der Waals surface area contributed by atoms with Gasteiger partial charge in [0.1, 0.15) is 0 Å². The fourth-order valence-corrected chi connectivity index (χ4v) is 0.768. The first kappa shape index (κ1) is 9.24. The lowest BCUT2D eigenvalue weighted by Gasteiger charge is -2.00. The minimum Gasteiger partial charge on any atom is -0.419 e. The first-order valence-electron chi connectivity index (χ1n) is 3.49. The van der Waals surface area contributed by atoms with E-state index in [9.17, 15) is 14.4 Å².